The minimum absolute atomic E-state index is 0.0163. The number of ketones is 1. The first-order valence-electron chi connectivity index (χ1n) is 7.50. The number of Topliss-reactive ketones (excluding diaryl/α,β-unsaturated/α-hetero) is 1. The summed E-state index contributed by atoms with van der Waals surface area (Å²) in [5.41, 5.74) is 2.44. The van der Waals surface area contributed by atoms with Crippen LogP contribution in [0.5, 0.6) is 5.75 Å². The molecule has 0 aromatic heterocycles. The summed E-state index contributed by atoms with van der Waals surface area (Å²) in [5.74, 6) is 0.869. The van der Waals surface area contributed by atoms with Crippen LogP contribution in [-0.4, -0.2) is 18.0 Å². The molecular formula is C20H18O3. The van der Waals surface area contributed by atoms with E-state index in [0.717, 1.165) is 27.6 Å². The highest BCUT2D eigenvalue weighted by molar-refractivity contribution is 6.01. The lowest BCUT2D eigenvalue weighted by Crippen LogP contribution is -2.04. The number of rotatable bonds is 5. The number of hydrogen-bond donors (Lipinski definition) is 1. The van der Waals surface area contributed by atoms with E-state index in [1.807, 2.05) is 36.4 Å². The Kier molecular flexibility index (Phi) is 4.40. The third-order valence-corrected chi connectivity index (χ3v) is 4.00. The Balaban J connectivity index is 1.93. The van der Waals surface area contributed by atoms with E-state index in [4.69, 9.17) is 9.84 Å². The predicted octanol–water partition coefficient (Wildman–Crippen LogP) is 3.77. The maximum absolute atomic E-state index is 12.5. The molecule has 3 aromatic carbocycles. The first-order valence-corrected chi connectivity index (χ1v) is 7.50. The third-order valence-electron chi connectivity index (χ3n) is 4.00. The average molecular weight is 306 g/mol. The molecule has 3 heteroatoms. The summed E-state index contributed by atoms with van der Waals surface area (Å²) in [5, 5.41) is 11.1. The van der Waals surface area contributed by atoms with Crippen LogP contribution in [-0.2, 0) is 13.0 Å². The number of ether oxygens (including phenoxy) is 1. The second kappa shape index (κ2) is 6.63. The first kappa shape index (κ1) is 15.3. The van der Waals surface area contributed by atoms with E-state index in [1.54, 1.807) is 31.4 Å². The minimum atomic E-state index is -0.0163. The molecule has 1 N–H and O–H groups in total. The maximum Gasteiger partial charge on any atom is 0.167 e. The van der Waals surface area contributed by atoms with Crippen molar-refractivity contribution in [3.05, 3.63) is 77.4 Å². The predicted molar refractivity (Wildman–Crippen MR) is 90.9 cm³/mol. The highest BCUT2D eigenvalue weighted by Gasteiger charge is 2.11. The summed E-state index contributed by atoms with van der Waals surface area (Å²) in [6, 6.07) is 18.9. The van der Waals surface area contributed by atoms with Crippen LogP contribution in [0.25, 0.3) is 10.8 Å². The molecule has 0 aliphatic rings. The van der Waals surface area contributed by atoms with Gasteiger partial charge in [0.1, 0.15) is 5.75 Å². The Bertz CT molecular complexity index is 835. The van der Waals surface area contributed by atoms with Gasteiger partial charge in [-0.3, -0.25) is 4.79 Å². The molecule has 23 heavy (non-hydrogen) atoms. The number of methoxy groups -OCH3 is 1. The molecule has 0 amide bonds. The average Bonchev–Trinajstić information content (AvgIpc) is 2.62. The Labute approximate surface area is 135 Å². The summed E-state index contributed by atoms with van der Waals surface area (Å²) >= 11 is 0. The van der Waals surface area contributed by atoms with Gasteiger partial charge in [-0.25, -0.2) is 0 Å². The molecule has 3 rings (SSSR count). The molecule has 0 spiro atoms. The van der Waals surface area contributed by atoms with Gasteiger partial charge in [0, 0.05) is 17.4 Å². The number of hydrogen-bond acceptors (Lipinski definition) is 3. The van der Waals surface area contributed by atoms with Crippen molar-refractivity contribution in [1.82, 2.24) is 0 Å². The van der Waals surface area contributed by atoms with E-state index in [0.29, 0.717) is 12.0 Å². The molecule has 0 aliphatic heterocycles. The van der Waals surface area contributed by atoms with Gasteiger partial charge in [-0.05, 0) is 22.6 Å². The largest absolute Gasteiger partial charge is 0.496 e. The van der Waals surface area contributed by atoms with Crippen LogP contribution in [0.1, 0.15) is 21.5 Å². The third kappa shape index (κ3) is 3.10. The Morgan fingerprint density at radius 3 is 2.30 bits per heavy atom. The molecule has 0 bridgehead atoms. The molecular weight excluding hydrogens is 288 g/mol. The van der Waals surface area contributed by atoms with Crippen molar-refractivity contribution in [3.8, 4) is 5.75 Å². The molecule has 0 saturated carbocycles. The number of benzene rings is 3. The fourth-order valence-corrected chi connectivity index (χ4v) is 2.74. The minimum Gasteiger partial charge on any atom is -0.496 e. The van der Waals surface area contributed by atoms with Crippen LogP contribution >= 0.6 is 0 Å². The standard InChI is InChI=1S/C20H18O3/c1-23-20-11-10-16(17-4-2-3-5-18(17)20)12-19(22)15-8-6-14(13-21)7-9-15/h2-11,21H,12-13H2,1H3. The molecule has 0 unspecified atom stereocenters. The van der Waals surface area contributed by atoms with Gasteiger partial charge >= 0.3 is 0 Å². The van der Waals surface area contributed by atoms with Crippen molar-refractivity contribution in [3.63, 3.8) is 0 Å². The monoisotopic (exact) mass is 306 g/mol. The number of aliphatic hydroxyl groups is 1. The highest BCUT2D eigenvalue weighted by atomic mass is 16.5. The smallest absolute Gasteiger partial charge is 0.167 e. The van der Waals surface area contributed by atoms with Crippen molar-refractivity contribution in [1.29, 1.82) is 0 Å². The molecule has 0 radical (unpaired) electrons. The van der Waals surface area contributed by atoms with E-state index in [-0.39, 0.29) is 12.4 Å². The number of carbonyl (C=O) groups excluding carboxylic acids is 1. The van der Waals surface area contributed by atoms with Gasteiger partial charge in [0.15, 0.2) is 5.78 Å². The lowest BCUT2D eigenvalue weighted by atomic mass is 9.97. The van der Waals surface area contributed by atoms with Crippen molar-refractivity contribution < 1.29 is 14.6 Å². The van der Waals surface area contributed by atoms with Gasteiger partial charge in [0.2, 0.25) is 0 Å². The zero-order valence-electron chi connectivity index (χ0n) is 13.0. The molecule has 3 nitrogen and oxygen atoms in total. The fourth-order valence-electron chi connectivity index (χ4n) is 2.74. The molecule has 0 aliphatic carbocycles. The van der Waals surface area contributed by atoms with Crippen LogP contribution in [0, 0.1) is 0 Å². The van der Waals surface area contributed by atoms with E-state index in [2.05, 4.69) is 0 Å². The van der Waals surface area contributed by atoms with Crippen molar-refractivity contribution in [2.45, 2.75) is 13.0 Å². The van der Waals surface area contributed by atoms with Gasteiger partial charge < -0.3 is 9.84 Å². The fraction of sp³-hybridized carbons (Fsp3) is 0.150. The van der Waals surface area contributed by atoms with Gasteiger partial charge in [0.05, 0.1) is 13.7 Å². The summed E-state index contributed by atoms with van der Waals surface area (Å²) < 4.78 is 5.39. The lowest BCUT2D eigenvalue weighted by molar-refractivity contribution is 0.0993. The van der Waals surface area contributed by atoms with E-state index >= 15 is 0 Å². The van der Waals surface area contributed by atoms with E-state index in [1.165, 1.54) is 0 Å². The summed E-state index contributed by atoms with van der Waals surface area (Å²) in [7, 11) is 1.65. The van der Waals surface area contributed by atoms with Gasteiger partial charge in [0.25, 0.3) is 0 Å². The Hall–Kier alpha value is -2.65. The molecule has 0 fully saturated rings. The number of carbonyl (C=O) groups is 1. The second-order valence-electron chi connectivity index (χ2n) is 5.43. The number of fused-ring (bicyclic) bond motifs is 1. The summed E-state index contributed by atoms with van der Waals surface area (Å²) in [4.78, 5) is 12.5. The van der Waals surface area contributed by atoms with Crippen molar-refractivity contribution >= 4 is 16.6 Å². The van der Waals surface area contributed by atoms with E-state index < -0.39 is 0 Å². The maximum atomic E-state index is 12.5. The SMILES string of the molecule is COc1ccc(CC(=O)c2ccc(CO)cc2)c2ccccc12. The number of aliphatic hydroxyl groups excluding tert-OH is 1. The summed E-state index contributed by atoms with van der Waals surface area (Å²) in [6.45, 7) is -0.0163. The highest BCUT2D eigenvalue weighted by Crippen LogP contribution is 2.29. The molecule has 0 heterocycles. The van der Waals surface area contributed by atoms with Crippen LogP contribution < -0.4 is 4.74 Å². The first-order chi connectivity index (χ1) is 11.2. The Morgan fingerprint density at radius 2 is 1.65 bits per heavy atom. The van der Waals surface area contributed by atoms with Gasteiger partial charge in [-0.1, -0.05) is 54.6 Å². The molecule has 3 aromatic rings. The van der Waals surface area contributed by atoms with E-state index in [9.17, 15) is 4.79 Å². The molecule has 0 atom stereocenters. The zero-order valence-corrected chi connectivity index (χ0v) is 13.0. The quantitative estimate of drug-likeness (QED) is 0.730. The van der Waals surface area contributed by atoms with Crippen LogP contribution in [0.3, 0.4) is 0 Å². The lowest BCUT2D eigenvalue weighted by Gasteiger charge is -2.10. The zero-order chi connectivity index (χ0) is 16.2. The Morgan fingerprint density at radius 1 is 0.957 bits per heavy atom. The van der Waals surface area contributed by atoms with Crippen LogP contribution in [0.2, 0.25) is 0 Å². The summed E-state index contributed by atoms with van der Waals surface area (Å²) in [6.07, 6.45) is 0.336. The van der Waals surface area contributed by atoms with Crippen molar-refractivity contribution in [2.75, 3.05) is 7.11 Å². The van der Waals surface area contributed by atoms with Crippen LogP contribution in [0.4, 0.5) is 0 Å². The molecule has 0 saturated heterocycles. The topological polar surface area (TPSA) is 46.5 Å². The molecule has 116 valence electrons. The second-order valence-corrected chi connectivity index (χ2v) is 5.43. The van der Waals surface area contributed by atoms with Crippen LogP contribution in [0.15, 0.2) is 60.7 Å². The van der Waals surface area contributed by atoms with Crippen molar-refractivity contribution in [2.24, 2.45) is 0 Å². The normalized spacial score (nSPS) is 10.7. The van der Waals surface area contributed by atoms with Gasteiger partial charge in [-0.2, -0.15) is 0 Å². The van der Waals surface area contributed by atoms with Gasteiger partial charge in [-0.15, -0.1) is 0 Å².